The van der Waals surface area contributed by atoms with Gasteiger partial charge in [0.05, 0.1) is 13.2 Å². The summed E-state index contributed by atoms with van der Waals surface area (Å²) in [6.45, 7) is 4.19. The number of likely N-dealkylation sites (tertiary alicyclic amines) is 1. The Kier molecular flexibility index (Phi) is 8.24. The molecule has 2 aromatic heterocycles. The third-order valence-electron chi connectivity index (χ3n) is 6.69. The first-order valence-electron chi connectivity index (χ1n) is 13.0. The van der Waals surface area contributed by atoms with Crippen LogP contribution in [0.3, 0.4) is 0 Å². The second-order valence-corrected chi connectivity index (χ2v) is 9.61. The summed E-state index contributed by atoms with van der Waals surface area (Å²) in [6.07, 6.45) is -0.976. The number of nitrogens with zero attached hydrogens (tertiary/aromatic N) is 6. The molecular weight excluding hydrogens is 504 g/mol. The Balaban J connectivity index is 1.54. The highest BCUT2D eigenvalue weighted by Crippen LogP contribution is 2.30. The number of ether oxygens (including phenoxy) is 1. The Morgan fingerprint density at radius 3 is 2.42 bits per heavy atom. The molecule has 0 aliphatic carbocycles. The molecule has 2 fully saturated rings. The van der Waals surface area contributed by atoms with E-state index in [0.29, 0.717) is 35.0 Å². The van der Waals surface area contributed by atoms with Crippen molar-refractivity contribution in [2.45, 2.75) is 38.5 Å². The maximum atomic E-state index is 13.6. The van der Waals surface area contributed by atoms with E-state index in [2.05, 4.69) is 20.4 Å². The van der Waals surface area contributed by atoms with Gasteiger partial charge in [0, 0.05) is 38.4 Å². The van der Waals surface area contributed by atoms with Crippen LogP contribution in [0.2, 0.25) is 0 Å². The molecule has 2 aliphatic heterocycles. The molecule has 0 saturated carbocycles. The van der Waals surface area contributed by atoms with Crippen molar-refractivity contribution >= 4 is 28.5 Å². The first-order valence-corrected chi connectivity index (χ1v) is 13.0. The third-order valence-corrected chi connectivity index (χ3v) is 6.69. The lowest BCUT2D eigenvalue weighted by Gasteiger charge is -2.28. The molecule has 0 radical (unpaired) electrons. The Morgan fingerprint density at radius 2 is 1.71 bits per heavy atom. The molecule has 0 bridgehead atoms. The van der Waals surface area contributed by atoms with Crippen LogP contribution in [0, 0.1) is 5.82 Å². The van der Waals surface area contributed by atoms with Gasteiger partial charge in [0.15, 0.2) is 5.82 Å². The summed E-state index contributed by atoms with van der Waals surface area (Å²) >= 11 is 0. The second-order valence-electron chi connectivity index (χ2n) is 9.61. The minimum atomic E-state index is -4.40. The summed E-state index contributed by atoms with van der Waals surface area (Å²) in [5.41, 5.74) is 2.60. The predicted molar refractivity (Wildman–Crippen MR) is 136 cm³/mol. The Bertz CT molecular complexity index is 1200. The zero-order valence-corrected chi connectivity index (χ0v) is 21.1. The normalized spacial score (nSPS) is 17.3. The number of piperazine rings is 1. The summed E-state index contributed by atoms with van der Waals surface area (Å²) in [5.74, 6) is 0.653. The summed E-state index contributed by atoms with van der Waals surface area (Å²) in [4.78, 5) is 14.2. The number of rotatable bonds is 9. The van der Waals surface area contributed by atoms with Crippen molar-refractivity contribution < 1.29 is 22.3 Å². The molecule has 9 nitrogen and oxygen atoms in total. The van der Waals surface area contributed by atoms with Gasteiger partial charge in [-0.05, 0) is 50.2 Å². The number of benzene rings is 1. The molecule has 0 amide bonds. The Labute approximate surface area is 218 Å². The number of fused-ring (bicyclic) bond motifs is 1. The Hall–Kier alpha value is -3.03. The lowest BCUT2D eigenvalue weighted by atomic mass is 10.1. The SMILES string of the molecule is Fc1ccc(Nc2nc(N3CCNCC3)nc3c(CN4CCCCC4)nn(CCOCC(F)(F)F)c23)cc1. The number of halogens is 4. The van der Waals surface area contributed by atoms with Gasteiger partial charge in [0.1, 0.15) is 29.2 Å². The summed E-state index contributed by atoms with van der Waals surface area (Å²) in [5, 5.41) is 11.4. The van der Waals surface area contributed by atoms with Gasteiger partial charge in [-0.2, -0.15) is 23.3 Å². The first kappa shape index (κ1) is 26.6. The van der Waals surface area contributed by atoms with Crippen LogP contribution in [-0.2, 0) is 17.8 Å². The van der Waals surface area contributed by atoms with Gasteiger partial charge in [-0.1, -0.05) is 6.42 Å². The van der Waals surface area contributed by atoms with E-state index in [1.54, 1.807) is 16.8 Å². The zero-order chi connectivity index (χ0) is 26.5. The van der Waals surface area contributed by atoms with Crippen molar-refractivity contribution in [1.82, 2.24) is 30.0 Å². The Morgan fingerprint density at radius 1 is 0.974 bits per heavy atom. The highest BCUT2D eigenvalue weighted by molar-refractivity contribution is 5.90. The minimum absolute atomic E-state index is 0.0982. The standard InChI is InChI=1S/C25H32F4N8O/c26-18-4-6-19(7-5-18)31-23-22-21(32-24(33-23)36-12-8-30-9-13-36)20(16-35-10-2-1-3-11-35)34-37(22)14-15-38-17-25(27,28)29/h4-7,30H,1-3,8-17H2,(H,31,32,33). The minimum Gasteiger partial charge on any atom is -0.370 e. The van der Waals surface area contributed by atoms with Crippen LogP contribution in [0.1, 0.15) is 25.0 Å². The topological polar surface area (TPSA) is 83.4 Å². The average molecular weight is 537 g/mol. The lowest BCUT2D eigenvalue weighted by molar-refractivity contribution is -0.174. The largest absolute Gasteiger partial charge is 0.411 e. The van der Waals surface area contributed by atoms with Gasteiger partial charge in [-0.3, -0.25) is 9.58 Å². The van der Waals surface area contributed by atoms with E-state index in [4.69, 9.17) is 19.8 Å². The fourth-order valence-corrected chi connectivity index (χ4v) is 4.83. The van der Waals surface area contributed by atoms with Crippen molar-refractivity contribution in [3.05, 3.63) is 35.8 Å². The fraction of sp³-hybridized carbons (Fsp3) is 0.560. The lowest BCUT2D eigenvalue weighted by Crippen LogP contribution is -2.44. The van der Waals surface area contributed by atoms with Crippen LogP contribution in [0.25, 0.3) is 11.0 Å². The number of anilines is 3. The van der Waals surface area contributed by atoms with Crippen molar-refractivity contribution in [2.75, 3.05) is 62.7 Å². The van der Waals surface area contributed by atoms with E-state index in [0.717, 1.165) is 57.8 Å². The number of hydrogen-bond acceptors (Lipinski definition) is 8. The molecule has 3 aromatic rings. The van der Waals surface area contributed by atoms with Gasteiger partial charge >= 0.3 is 6.18 Å². The predicted octanol–water partition coefficient (Wildman–Crippen LogP) is 3.68. The molecule has 1 aromatic carbocycles. The summed E-state index contributed by atoms with van der Waals surface area (Å²) in [6, 6.07) is 5.91. The second kappa shape index (κ2) is 11.8. The van der Waals surface area contributed by atoms with E-state index in [-0.39, 0.29) is 19.0 Å². The molecule has 2 N–H and O–H groups in total. The van der Waals surface area contributed by atoms with Crippen LogP contribution in [0.15, 0.2) is 24.3 Å². The van der Waals surface area contributed by atoms with E-state index in [1.807, 2.05) is 0 Å². The van der Waals surface area contributed by atoms with Gasteiger partial charge < -0.3 is 20.3 Å². The summed E-state index contributed by atoms with van der Waals surface area (Å²) < 4.78 is 58.0. The number of aromatic nitrogens is 4. The van der Waals surface area contributed by atoms with E-state index < -0.39 is 12.8 Å². The van der Waals surface area contributed by atoms with Gasteiger partial charge in [-0.15, -0.1) is 0 Å². The van der Waals surface area contributed by atoms with Gasteiger partial charge in [0.2, 0.25) is 5.95 Å². The van der Waals surface area contributed by atoms with Crippen LogP contribution >= 0.6 is 0 Å². The quantitative estimate of drug-likeness (QED) is 0.317. The van der Waals surface area contributed by atoms with Crippen LogP contribution < -0.4 is 15.5 Å². The number of hydrogen-bond donors (Lipinski definition) is 2. The molecule has 206 valence electrons. The van der Waals surface area contributed by atoms with Crippen LogP contribution in [0.4, 0.5) is 35.0 Å². The summed E-state index contributed by atoms with van der Waals surface area (Å²) in [7, 11) is 0. The maximum Gasteiger partial charge on any atom is 0.411 e. The third kappa shape index (κ3) is 6.69. The molecule has 4 heterocycles. The molecule has 5 rings (SSSR count). The van der Waals surface area contributed by atoms with E-state index >= 15 is 0 Å². The monoisotopic (exact) mass is 536 g/mol. The average Bonchev–Trinajstić information content (AvgIpc) is 3.26. The van der Waals surface area contributed by atoms with Gasteiger partial charge in [0.25, 0.3) is 0 Å². The molecule has 2 aliphatic rings. The van der Waals surface area contributed by atoms with Crippen molar-refractivity contribution in [1.29, 1.82) is 0 Å². The molecule has 38 heavy (non-hydrogen) atoms. The molecule has 0 unspecified atom stereocenters. The highest BCUT2D eigenvalue weighted by atomic mass is 19.4. The van der Waals surface area contributed by atoms with E-state index in [9.17, 15) is 17.6 Å². The van der Waals surface area contributed by atoms with Gasteiger partial charge in [-0.25, -0.2) is 9.37 Å². The number of piperidine rings is 1. The fourth-order valence-electron chi connectivity index (χ4n) is 4.83. The van der Waals surface area contributed by atoms with Crippen molar-refractivity contribution in [3.63, 3.8) is 0 Å². The van der Waals surface area contributed by atoms with Crippen molar-refractivity contribution in [3.8, 4) is 0 Å². The molecule has 2 saturated heterocycles. The maximum absolute atomic E-state index is 13.6. The number of nitrogens with one attached hydrogen (secondary N) is 2. The highest BCUT2D eigenvalue weighted by Gasteiger charge is 2.28. The molecule has 0 atom stereocenters. The smallest absolute Gasteiger partial charge is 0.370 e. The van der Waals surface area contributed by atoms with E-state index in [1.165, 1.54) is 18.6 Å². The number of alkyl halides is 3. The van der Waals surface area contributed by atoms with Crippen molar-refractivity contribution in [2.24, 2.45) is 0 Å². The zero-order valence-electron chi connectivity index (χ0n) is 21.1. The van der Waals surface area contributed by atoms with Crippen LogP contribution in [-0.4, -0.2) is 83.3 Å². The molecule has 0 spiro atoms. The molecular formula is C25H32F4N8O. The molecule has 13 heteroatoms. The first-order chi connectivity index (χ1) is 18.4. The van der Waals surface area contributed by atoms with Crippen LogP contribution in [0.5, 0.6) is 0 Å².